The van der Waals surface area contributed by atoms with Crippen molar-refractivity contribution >= 4 is 18.3 Å². The molecule has 1 fully saturated rings. The zero-order valence-electron chi connectivity index (χ0n) is 14.4. The molecular formula is C19H20ClF3N2O. The van der Waals surface area contributed by atoms with E-state index in [1.165, 1.54) is 0 Å². The van der Waals surface area contributed by atoms with Gasteiger partial charge < -0.3 is 10.2 Å². The highest BCUT2D eigenvalue weighted by molar-refractivity contribution is 5.95. The lowest BCUT2D eigenvalue weighted by atomic mass is 10.0. The van der Waals surface area contributed by atoms with E-state index in [9.17, 15) is 18.0 Å². The Labute approximate surface area is 156 Å². The summed E-state index contributed by atoms with van der Waals surface area (Å²) in [4.78, 5) is 14.5. The van der Waals surface area contributed by atoms with Crippen molar-refractivity contribution in [2.45, 2.75) is 25.9 Å². The van der Waals surface area contributed by atoms with Crippen LogP contribution >= 0.6 is 12.4 Å². The minimum atomic E-state index is -1.49. The molecular weight excluding hydrogens is 365 g/mol. The van der Waals surface area contributed by atoms with E-state index >= 15 is 0 Å². The molecule has 0 saturated carbocycles. The summed E-state index contributed by atoms with van der Waals surface area (Å²) in [5.41, 5.74) is 1.24. The molecule has 2 unspecified atom stereocenters. The molecule has 26 heavy (non-hydrogen) atoms. The first-order valence-electron chi connectivity index (χ1n) is 8.18. The Morgan fingerprint density at radius 3 is 2.19 bits per heavy atom. The number of hydrogen-bond acceptors (Lipinski definition) is 2. The predicted octanol–water partition coefficient (Wildman–Crippen LogP) is 4.02. The molecule has 1 N–H and O–H groups in total. The van der Waals surface area contributed by atoms with Crippen LogP contribution in [-0.2, 0) is 0 Å². The van der Waals surface area contributed by atoms with E-state index in [4.69, 9.17) is 0 Å². The third kappa shape index (κ3) is 3.86. The largest absolute Gasteiger partial charge is 0.333 e. The maximum Gasteiger partial charge on any atom is 0.254 e. The monoisotopic (exact) mass is 384 g/mol. The quantitative estimate of drug-likeness (QED) is 0.793. The molecule has 1 heterocycles. The van der Waals surface area contributed by atoms with Gasteiger partial charge in [0.05, 0.1) is 0 Å². The standard InChI is InChI=1S/C19H19F3N2O.ClH/c1-11-12(2)24(8-7-23-11)19(25)14-5-3-13(4-6-14)15-9-16(20)18(22)17(21)10-15;/h3-6,9-12,23H,7-8H2,1-2H3;1H. The van der Waals surface area contributed by atoms with E-state index < -0.39 is 17.5 Å². The number of hydrogen-bond donors (Lipinski definition) is 1. The highest BCUT2D eigenvalue weighted by Gasteiger charge is 2.28. The first-order valence-corrected chi connectivity index (χ1v) is 8.18. The summed E-state index contributed by atoms with van der Waals surface area (Å²) in [6, 6.07) is 8.62. The van der Waals surface area contributed by atoms with Gasteiger partial charge in [-0.2, -0.15) is 0 Å². The van der Waals surface area contributed by atoms with Gasteiger partial charge in [-0.1, -0.05) is 12.1 Å². The maximum atomic E-state index is 13.4. The lowest BCUT2D eigenvalue weighted by Crippen LogP contribution is -2.57. The molecule has 2 atom stereocenters. The molecule has 3 rings (SSSR count). The summed E-state index contributed by atoms with van der Waals surface area (Å²) in [5, 5.41) is 3.32. The molecule has 0 spiro atoms. The Bertz CT molecular complexity index is 775. The van der Waals surface area contributed by atoms with Gasteiger partial charge in [0.15, 0.2) is 17.5 Å². The average Bonchev–Trinajstić information content (AvgIpc) is 2.61. The summed E-state index contributed by atoms with van der Waals surface area (Å²) in [5.74, 6) is -4.04. The van der Waals surface area contributed by atoms with Crippen LogP contribution in [0.1, 0.15) is 24.2 Å². The van der Waals surface area contributed by atoms with Gasteiger partial charge in [-0.05, 0) is 49.2 Å². The van der Waals surface area contributed by atoms with Crippen LogP contribution in [0.4, 0.5) is 13.2 Å². The second-order valence-electron chi connectivity index (χ2n) is 6.31. The average molecular weight is 385 g/mol. The fourth-order valence-electron chi connectivity index (χ4n) is 3.04. The van der Waals surface area contributed by atoms with Gasteiger partial charge in [-0.15, -0.1) is 12.4 Å². The number of halogens is 4. The van der Waals surface area contributed by atoms with Crippen LogP contribution in [-0.4, -0.2) is 36.0 Å². The van der Waals surface area contributed by atoms with Gasteiger partial charge in [0.25, 0.3) is 5.91 Å². The molecule has 0 aliphatic carbocycles. The van der Waals surface area contributed by atoms with Crippen LogP contribution in [0.3, 0.4) is 0 Å². The number of rotatable bonds is 2. The molecule has 1 aliphatic heterocycles. The normalized spacial score (nSPS) is 19.8. The van der Waals surface area contributed by atoms with Crippen LogP contribution in [0.2, 0.25) is 0 Å². The Kier molecular flexibility index (Phi) is 6.31. The molecule has 0 bridgehead atoms. The summed E-state index contributed by atoms with van der Waals surface area (Å²) < 4.78 is 39.8. The molecule has 1 amide bonds. The number of nitrogens with zero attached hydrogens (tertiary/aromatic N) is 1. The lowest BCUT2D eigenvalue weighted by Gasteiger charge is -2.38. The predicted molar refractivity (Wildman–Crippen MR) is 97.0 cm³/mol. The zero-order valence-corrected chi connectivity index (χ0v) is 15.2. The Hall–Kier alpha value is -2.05. The van der Waals surface area contributed by atoms with E-state index in [1.807, 2.05) is 18.7 Å². The molecule has 0 aromatic heterocycles. The first kappa shape index (κ1) is 20.3. The Balaban J connectivity index is 0.00000243. The summed E-state index contributed by atoms with van der Waals surface area (Å²) in [6.07, 6.45) is 0. The third-order valence-electron chi connectivity index (χ3n) is 4.74. The molecule has 0 radical (unpaired) electrons. The van der Waals surface area contributed by atoms with Gasteiger partial charge in [0, 0.05) is 30.7 Å². The van der Waals surface area contributed by atoms with Crippen LogP contribution < -0.4 is 5.32 Å². The van der Waals surface area contributed by atoms with Crippen molar-refractivity contribution in [3.05, 3.63) is 59.4 Å². The number of amides is 1. The third-order valence-corrected chi connectivity index (χ3v) is 4.74. The van der Waals surface area contributed by atoms with Crippen LogP contribution in [0.5, 0.6) is 0 Å². The fourth-order valence-corrected chi connectivity index (χ4v) is 3.04. The molecule has 7 heteroatoms. The van der Waals surface area contributed by atoms with Crippen molar-refractivity contribution < 1.29 is 18.0 Å². The molecule has 2 aromatic rings. The van der Waals surface area contributed by atoms with Crippen LogP contribution in [0, 0.1) is 17.5 Å². The van der Waals surface area contributed by atoms with Crippen molar-refractivity contribution in [2.75, 3.05) is 13.1 Å². The summed E-state index contributed by atoms with van der Waals surface area (Å²) in [7, 11) is 0. The van der Waals surface area contributed by atoms with Gasteiger partial charge in [-0.3, -0.25) is 4.79 Å². The zero-order chi connectivity index (χ0) is 18.1. The topological polar surface area (TPSA) is 32.3 Å². The second-order valence-corrected chi connectivity index (χ2v) is 6.31. The first-order chi connectivity index (χ1) is 11.9. The van der Waals surface area contributed by atoms with Gasteiger partial charge in [0.2, 0.25) is 0 Å². The van der Waals surface area contributed by atoms with E-state index in [0.717, 1.165) is 18.7 Å². The van der Waals surface area contributed by atoms with Gasteiger partial charge >= 0.3 is 0 Å². The van der Waals surface area contributed by atoms with Crippen molar-refractivity contribution in [2.24, 2.45) is 0 Å². The fraction of sp³-hybridized carbons (Fsp3) is 0.316. The molecule has 1 aliphatic rings. The number of benzene rings is 2. The van der Waals surface area contributed by atoms with E-state index in [-0.39, 0.29) is 36.0 Å². The highest BCUT2D eigenvalue weighted by Crippen LogP contribution is 2.25. The van der Waals surface area contributed by atoms with Crippen molar-refractivity contribution in [3.63, 3.8) is 0 Å². The lowest BCUT2D eigenvalue weighted by molar-refractivity contribution is 0.0603. The summed E-state index contributed by atoms with van der Waals surface area (Å²) >= 11 is 0. The molecule has 1 saturated heterocycles. The number of carbonyl (C=O) groups is 1. The van der Waals surface area contributed by atoms with Gasteiger partial charge in [-0.25, -0.2) is 13.2 Å². The second kappa shape index (κ2) is 8.10. The Morgan fingerprint density at radius 1 is 1.04 bits per heavy atom. The van der Waals surface area contributed by atoms with E-state index in [0.29, 0.717) is 17.7 Å². The number of nitrogens with one attached hydrogen (secondary N) is 1. The molecule has 140 valence electrons. The number of carbonyl (C=O) groups excluding carboxylic acids is 1. The van der Waals surface area contributed by atoms with E-state index in [2.05, 4.69) is 5.32 Å². The molecule has 2 aromatic carbocycles. The smallest absolute Gasteiger partial charge is 0.254 e. The SMILES string of the molecule is CC1NCCN(C(=O)c2ccc(-c3cc(F)c(F)c(F)c3)cc2)C1C.Cl. The van der Waals surface area contributed by atoms with Crippen molar-refractivity contribution in [1.82, 2.24) is 10.2 Å². The van der Waals surface area contributed by atoms with Gasteiger partial charge in [0.1, 0.15) is 0 Å². The maximum absolute atomic E-state index is 13.4. The minimum Gasteiger partial charge on any atom is -0.333 e. The van der Waals surface area contributed by atoms with Crippen molar-refractivity contribution in [1.29, 1.82) is 0 Å². The minimum absolute atomic E-state index is 0. The van der Waals surface area contributed by atoms with Crippen LogP contribution in [0.15, 0.2) is 36.4 Å². The van der Waals surface area contributed by atoms with Crippen LogP contribution in [0.25, 0.3) is 11.1 Å². The number of piperazine rings is 1. The summed E-state index contributed by atoms with van der Waals surface area (Å²) in [6.45, 7) is 5.39. The van der Waals surface area contributed by atoms with E-state index in [1.54, 1.807) is 24.3 Å². The Morgan fingerprint density at radius 2 is 1.62 bits per heavy atom. The highest BCUT2D eigenvalue weighted by atomic mass is 35.5. The van der Waals surface area contributed by atoms with Crippen molar-refractivity contribution in [3.8, 4) is 11.1 Å². The molecule has 3 nitrogen and oxygen atoms in total.